The molecule has 148 valence electrons. The number of H-pyrrole nitrogens is 1. The zero-order chi connectivity index (χ0) is 20.3. The molecule has 7 nitrogen and oxygen atoms in total. The number of carbonyl (C=O) groups excluding carboxylic acids is 1. The minimum Gasteiger partial charge on any atom is -0.347 e. The van der Waals surface area contributed by atoms with Crippen LogP contribution >= 0.6 is 0 Å². The van der Waals surface area contributed by atoms with Crippen molar-refractivity contribution in [1.29, 1.82) is 0 Å². The van der Waals surface area contributed by atoms with E-state index in [1.165, 1.54) is 18.4 Å². The van der Waals surface area contributed by atoms with Crippen LogP contribution in [0.5, 0.6) is 0 Å². The van der Waals surface area contributed by atoms with Crippen molar-refractivity contribution in [1.82, 2.24) is 30.0 Å². The number of amides is 1. The number of aromatic amines is 1. The summed E-state index contributed by atoms with van der Waals surface area (Å²) in [6.07, 6.45) is 5.89. The third-order valence-corrected chi connectivity index (χ3v) is 5.28. The van der Waals surface area contributed by atoms with Crippen molar-refractivity contribution in [3.63, 3.8) is 0 Å². The van der Waals surface area contributed by atoms with Crippen molar-refractivity contribution in [3.8, 4) is 11.4 Å². The number of aromatic nitrogens is 5. The number of nitrogens with one attached hydrogen (secondary N) is 2. The van der Waals surface area contributed by atoms with E-state index in [1.54, 1.807) is 12.4 Å². The van der Waals surface area contributed by atoms with Crippen LogP contribution in [0.3, 0.4) is 0 Å². The third kappa shape index (κ3) is 3.16. The lowest BCUT2D eigenvalue weighted by Gasteiger charge is -2.19. The quantitative estimate of drug-likeness (QED) is 0.557. The largest absolute Gasteiger partial charge is 0.347 e. The van der Waals surface area contributed by atoms with Gasteiger partial charge in [-0.3, -0.25) is 9.48 Å². The van der Waals surface area contributed by atoms with Gasteiger partial charge < -0.3 is 10.3 Å². The lowest BCUT2D eigenvalue weighted by molar-refractivity contribution is 0.0921. The SMILES string of the molecule is Cn1nc(-c2cnc3[nH]cc(C(=O)NC(C)(C)C)c3n2)c2cc(C3CC3)ccc21. The van der Waals surface area contributed by atoms with Crippen molar-refractivity contribution in [3.05, 3.63) is 41.7 Å². The first-order valence-electron chi connectivity index (χ1n) is 9.94. The molecule has 0 spiro atoms. The molecule has 0 saturated heterocycles. The average molecular weight is 388 g/mol. The van der Waals surface area contributed by atoms with E-state index >= 15 is 0 Å². The molecule has 0 bridgehead atoms. The number of aryl methyl sites for hydroxylation is 1. The second kappa shape index (κ2) is 6.14. The smallest absolute Gasteiger partial charge is 0.255 e. The Morgan fingerprint density at radius 2 is 2.07 bits per heavy atom. The molecular formula is C22H24N6O. The Morgan fingerprint density at radius 1 is 1.28 bits per heavy atom. The number of hydrogen-bond acceptors (Lipinski definition) is 4. The molecule has 3 aromatic heterocycles. The number of hydrogen-bond donors (Lipinski definition) is 2. The van der Waals surface area contributed by atoms with Crippen LogP contribution in [0, 0.1) is 0 Å². The Labute approximate surface area is 168 Å². The first-order chi connectivity index (χ1) is 13.8. The van der Waals surface area contributed by atoms with E-state index in [-0.39, 0.29) is 11.4 Å². The first-order valence-corrected chi connectivity index (χ1v) is 9.94. The van der Waals surface area contributed by atoms with E-state index in [4.69, 9.17) is 10.1 Å². The van der Waals surface area contributed by atoms with E-state index in [0.717, 1.165) is 16.6 Å². The molecule has 2 N–H and O–H groups in total. The summed E-state index contributed by atoms with van der Waals surface area (Å²) in [4.78, 5) is 25.0. The molecule has 1 fully saturated rings. The zero-order valence-electron chi connectivity index (χ0n) is 17.1. The molecule has 0 radical (unpaired) electrons. The number of fused-ring (bicyclic) bond motifs is 2. The Kier molecular flexibility index (Phi) is 3.78. The monoisotopic (exact) mass is 388 g/mol. The topological polar surface area (TPSA) is 88.5 Å². The standard InChI is InChI=1S/C22H24N6O/c1-22(2,3)26-21(29)15-10-23-20-19(15)25-16(11-24-20)18-14-9-13(12-5-6-12)7-8-17(14)28(4)27-18/h7-12H,5-6H2,1-4H3,(H,23,24)(H,26,29). The van der Waals surface area contributed by atoms with E-state index in [1.807, 2.05) is 32.5 Å². The fraction of sp³-hybridized carbons (Fsp3) is 0.364. The van der Waals surface area contributed by atoms with Gasteiger partial charge in [0, 0.05) is 24.2 Å². The summed E-state index contributed by atoms with van der Waals surface area (Å²) in [6, 6.07) is 6.55. The highest BCUT2D eigenvalue weighted by Gasteiger charge is 2.25. The van der Waals surface area contributed by atoms with Crippen LogP contribution in [0.2, 0.25) is 0 Å². The van der Waals surface area contributed by atoms with Crippen molar-refractivity contribution < 1.29 is 4.79 Å². The molecule has 0 unspecified atom stereocenters. The summed E-state index contributed by atoms with van der Waals surface area (Å²) in [6.45, 7) is 5.86. The maximum Gasteiger partial charge on any atom is 0.255 e. The van der Waals surface area contributed by atoms with Gasteiger partial charge in [0.15, 0.2) is 5.65 Å². The number of carbonyl (C=O) groups is 1. The molecule has 1 amide bonds. The van der Waals surface area contributed by atoms with Crippen molar-refractivity contribution in [2.24, 2.45) is 7.05 Å². The highest BCUT2D eigenvalue weighted by molar-refractivity contribution is 6.05. The van der Waals surface area contributed by atoms with Gasteiger partial charge in [-0.05, 0) is 57.2 Å². The molecule has 29 heavy (non-hydrogen) atoms. The van der Waals surface area contributed by atoms with Gasteiger partial charge in [0.2, 0.25) is 0 Å². The normalized spacial score (nSPS) is 14.6. The van der Waals surface area contributed by atoms with Crippen LogP contribution in [-0.4, -0.2) is 36.2 Å². The van der Waals surface area contributed by atoms with Gasteiger partial charge in [-0.1, -0.05) is 6.07 Å². The van der Waals surface area contributed by atoms with Crippen LogP contribution in [0.4, 0.5) is 0 Å². The van der Waals surface area contributed by atoms with Gasteiger partial charge in [0.25, 0.3) is 5.91 Å². The van der Waals surface area contributed by atoms with Crippen LogP contribution in [0.1, 0.15) is 55.5 Å². The molecule has 1 aliphatic carbocycles. The Bertz CT molecular complexity index is 1260. The van der Waals surface area contributed by atoms with Crippen molar-refractivity contribution in [2.45, 2.75) is 45.1 Å². The molecule has 1 saturated carbocycles. The maximum absolute atomic E-state index is 12.7. The van der Waals surface area contributed by atoms with Gasteiger partial charge in [-0.25, -0.2) is 9.97 Å². The molecule has 0 aliphatic heterocycles. The summed E-state index contributed by atoms with van der Waals surface area (Å²) >= 11 is 0. The highest BCUT2D eigenvalue weighted by Crippen LogP contribution is 2.41. The molecule has 4 aromatic rings. The molecule has 5 rings (SSSR count). The van der Waals surface area contributed by atoms with E-state index in [9.17, 15) is 4.79 Å². The highest BCUT2D eigenvalue weighted by atomic mass is 16.1. The van der Waals surface area contributed by atoms with Crippen LogP contribution < -0.4 is 5.32 Å². The third-order valence-electron chi connectivity index (χ3n) is 5.28. The summed E-state index contributed by atoms with van der Waals surface area (Å²) < 4.78 is 1.87. The summed E-state index contributed by atoms with van der Waals surface area (Å²) in [5.41, 5.74) is 5.18. The molecule has 1 aliphatic rings. The van der Waals surface area contributed by atoms with E-state index in [0.29, 0.717) is 28.3 Å². The summed E-state index contributed by atoms with van der Waals surface area (Å²) in [5.74, 6) is 0.496. The van der Waals surface area contributed by atoms with Crippen LogP contribution in [0.15, 0.2) is 30.6 Å². The lowest BCUT2D eigenvalue weighted by Crippen LogP contribution is -2.40. The maximum atomic E-state index is 12.7. The van der Waals surface area contributed by atoms with Gasteiger partial charge in [-0.15, -0.1) is 0 Å². The Hall–Kier alpha value is -3.22. The van der Waals surface area contributed by atoms with Crippen LogP contribution in [0.25, 0.3) is 33.5 Å². The second-order valence-corrected chi connectivity index (χ2v) is 8.88. The molecular weight excluding hydrogens is 364 g/mol. The minimum absolute atomic E-state index is 0.169. The lowest BCUT2D eigenvalue weighted by atomic mass is 10.1. The zero-order valence-corrected chi connectivity index (χ0v) is 17.1. The molecule has 1 aromatic carbocycles. The van der Waals surface area contributed by atoms with E-state index < -0.39 is 0 Å². The van der Waals surface area contributed by atoms with E-state index in [2.05, 4.69) is 33.5 Å². The van der Waals surface area contributed by atoms with Gasteiger partial charge in [0.05, 0.1) is 17.3 Å². The molecule has 7 heteroatoms. The number of rotatable bonds is 3. The predicted molar refractivity (Wildman–Crippen MR) is 113 cm³/mol. The van der Waals surface area contributed by atoms with Crippen LogP contribution in [-0.2, 0) is 7.05 Å². The molecule has 0 atom stereocenters. The van der Waals surface area contributed by atoms with Gasteiger partial charge >= 0.3 is 0 Å². The summed E-state index contributed by atoms with van der Waals surface area (Å²) in [5, 5.41) is 8.77. The fourth-order valence-electron chi connectivity index (χ4n) is 3.73. The Morgan fingerprint density at radius 3 is 2.79 bits per heavy atom. The fourth-order valence-corrected chi connectivity index (χ4v) is 3.73. The van der Waals surface area contributed by atoms with Gasteiger partial charge in [-0.2, -0.15) is 5.10 Å². The average Bonchev–Trinajstić information content (AvgIpc) is 3.34. The number of benzene rings is 1. The number of nitrogens with zero attached hydrogens (tertiary/aromatic N) is 4. The minimum atomic E-state index is -0.331. The summed E-state index contributed by atoms with van der Waals surface area (Å²) in [7, 11) is 1.94. The first kappa shape index (κ1) is 17.8. The predicted octanol–water partition coefficient (Wildman–Crippen LogP) is 3.92. The van der Waals surface area contributed by atoms with Crippen molar-refractivity contribution >= 4 is 28.0 Å². The van der Waals surface area contributed by atoms with Crippen molar-refractivity contribution in [2.75, 3.05) is 0 Å². The Balaban J connectivity index is 1.63. The van der Waals surface area contributed by atoms with Gasteiger partial charge in [0.1, 0.15) is 16.9 Å². The second-order valence-electron chi connectivity index (χ2n) is 8.88. The molecule has 3 heterocycles.